The van der Waals surface area contributed by atoms with Crippen LogP contribution in [0.15, 0.2) is 5.16 Å². The fraction of sp³-hybridized carbons (Fsp3) is 0.778. The van der Waals surface area contributed by atoms with Crippen LogP contribution in [0.25, 0.3) is 0 Å². The predicted octanol–water partition coefficient (Wildman–Crippen LogP) is -0.408. The topological polar surface area (TPSA) is 89.9 Å². The minimum absolute atomic E-state index is 0.0994. The number of thioether (sulfide) groups is 1. The van der Waals surface area contributed by atoms with Gasteiger partial charge in [-0.05, 0) is 24.3 Å². The van der Waals surface area contributed by atoms with Gasteiger partial charge in [-0.2, -0.15) is 0 Å². The van der Waals surface area contributed by atoms with Crippen molar-refractivity contribution in [2.24, 2.45) is 5.73 Å². The summed E-state index contributed by atoms with van der Waals surface area (Å²) in [5.41, 5.74) is 5.44. The first-order valence-electron chi connectivity index (χ1n) is 5.59. The molecular formula is C9H18N6OS. The smallest absolute Gasteiger partial charge is 0.233 e. The summed E-state index contributed by atoms with van der Waals surface area (Å²) in [6.45, 7) is 6.42. The average molecular weight is 258 g/mol. The van der Waals surface area contributed by atoms with Gasteiger partial charge in [0.1, 0.15) is 0 Å². The first-order chi connectivity index (χ1) is 8.22. The maximum absolute atomic E-state index is 11.8. The molecule has 0 saturated heterocycles. The zero-order valence-electron chi connectivity index (χ0n) is 10.2. The zero-order chi connectivity index (χ0) is 12.7. The van der Waals surface area contributed by atoms with Crippen molar-refractivity contribution in [3.63, 3.8) is 0 Å². The molecule has 0 radical (unpaired) electrons. The van der Waals surface area contributed by atoms with Crippen molar-refractivity contribution >= 4 is 17.7 Å². The van der Waals surface area contributed by atoms with Gasteiger partial charge >= 0.3 is 0 Å². The summed E-state index contributed by atoms with van der Waals surface area (Å²) in [6.07, 6.45) is 0. The van der Waals surface area contributed by atoms with Gasteiger partial charge in [-0.25, -0.2) is 4.68 Å². The summed E-state index contributed by atoms with van der Waals surface area (Å²) in [4.78, 5) is 13.6. The van der Waals surface area contributed by atoms with Crippen LogP contribution in [0.4, 0.5) is 0 Å². The molecule has 0 aromatic carbocycles. The van der Waals surface area contributed by atoms with E-state index in [9.17, 15) is 4.79 Å². The quantitative estimate of drug-likeness (QED) is 0.669. The number of nitrogens with two attached hydrogens (primary N) is 1. The summed E-state index contributed by atoms with van der Waals surface area (Å²) in [6, 6.07) is 0. The zero-order valence-corrected chi connectivity index (χ0v) is 11.0. The second-order valence-electron chi connectivity index (χ2n) is 3.33. The van der Waals surface area contributed by atoms with Crippen LogP contribution in [0.1, 0.15) is 13.8 Å². The van der Waals surface area contributed by atoms with Crippen LogP contribution in [0, 0.1) is 0 Å². The van der Waals surface area contributed by atoms with Crippen LogP contribution in [-0.2, 0) is 11.3 Å². The molecule has 0 atom stereocenters. The predicted molar refractivity (Wildman–Crippen MR) is 65.5 cm³/mol. The number of carbonyl (C=O) groups excluding carboxylic acids is 1. The molecule has 0 aliphatic rings. The highest BCUT2D eigenvalue weighted by molar-refractivity contribution is 7.99. The molecule has 96 valence electrons. The number of hydrogen-bond donors (Lipinski definition) is 1. The van der Waals surface area contributed by atoms with Gasteiger partial charge in [-0.15, -0.1) is 5.10 Å². The molecule has 7 nitrogen and oxygen atoms in total. The van der Waals surface area contributed by atoms with Gasteiger partial charge in [-0.1, -0.05) is 11.8 Å². The highest BCUT2D eigenvalue weighted by atomic mass is 32.2. The van der Waals surface area contributed by atoms with Gasteiger partial charge in [0.05, 0.1) is 12.3 Å². The van der Waals surface area contributed by atoms with Crippen molar-refractivity contribution in [3.8, 4) is 0 Å². The number of nitrogens with zero attached hydrogens (tertiary/aromatic N) is 5. The number of hydrogen-bond acceptors (Lipinski definition) is 6. The summed E-state index contributed by atoms with van der Waals surface area (Å²) < 4.78 is 1.61. The maximum Gasteiger partial charge on any atom is 0.233 e. The van der Waals surface area contributed by atoms with Crippen LogP contribution in [0.3, 0.4) is 0 Å². The minimum Gasteiger partial charge on any atom is -0.343 e. The Morgan fingerprint density at radius 3 is 2.76 bits per heavy atom. The van der Waals surface area contributed by atoms with Crippen LogP contribution in [0.5, 0.6) is 0 Å². The Hall–Kier alpha value is -1.15. The first kappa shape index (κ1) is 13.9. The summed E-state index contributed by atoms with van der Waals surface area (Å²) >= 11 is 1.34. The SMILES string of the molecule is CCN(CC)C(=O)CSc1nnnn1CCN. The molecule has 0 unspecified atom stereocenters. The molecule has 1 aromatic rings. The lowest BCUT2D eigenvalue weighted by Gasteiger charge is -2.17. The third-order valence-electron chi connectivity index (χ3n) is 2.28. The minimum atomic E-state index is 0.0994. The van der Waals surface area contributed by atoms with Crippen LogP contribution >= 0.6 is 11.8 Å². The average Bonchev–Trinajstić information content (AvgIpc) is 2.76. The third kappa shape index (κ3) is 3.97. The Bertz CT molecular complexity index is 351. The Morgan fingerprint density at radius 1 is 1.47 bits per heavy atom. The van der Waals surface area contributed by atoms with E-state index in [0.717, 1.165) is 13.1 Å². The normalized spacial score (nSPS) is 10.5. The standard InChI is InChI=1S/C9H18N6OS/c1-3-14(4-2)8(16)7-17-9-11-12-13-15(9)6-5-10/h3-7,10H2,1-2H3. The molecule has 2 N–H and O–H groups in total. The Labute approximate surface area is 105 Å². The lowest BCUT2D eigenvalue weighted by atomic mass is 10.5. The molecule has 17 heavy (non-hydrogen) atoms. The van der Waals surface area contributed by atoms with Crippen molar-refractivity contribution < 1.29 is 4.79 Å². The number of aromatic nitrogens is 4. The Kier molecular flexibility index (Phi) is 5.92. The van der Waals surface area contributed by atoms with E-state index in [0.29, 0.717) is 24.0 Å². The molecule has 1 aromatic heterocycles. The van der Waals surface area contributed by atoms with Crippen molar-refractivity contribution in [3.05, 3.63) is 0 Å². The highest BCUT2D eigenvalue weighted by Crippen LogP contribution is 2.13. The van der Waals surface area contributed by atoms with Crippen molar-refractivity contribution in [1.29, 1.82) is 0 Å². The molecule has 8 heteroatoms. The van der Waals surface area contributed by atoms with E-state index in [1.807, 2.05) is 13.8 Å². The molecule has 0 bridgehead atoms. The molecule has 1 amide bonds. The van der Waals surface area contributed by atoms with Gasteiger partial charge in [0.2, 0.25) is 11.1 Å². The van der Waals surface area contributed by atoms with Gasteiger partial charge in [0, 0.05) is 19.6 Å². The van der Waals surface area contributed by atoms with Gasteiger partial charge in [-0.3, -0.25) is 4.79 Å². The fourth-order valence-corrected chi connectivity index (χ4v) is 2.16. The van der Waals surface area contributed by atoms with E-state index in [4.69, 9.17) is 5.73 Å². The maximum atomic E-state index is 11.8. The second-order valence-corrected chi connectivity index (χ2v) is 4.27. The van der Waals surface area contributed by atoms with Gasteiger partial charge < -0.3 is 10.6 Å². The Balaban J connectivity index is 2.49. The van der Waals surface area contributed by atoms with Crippen LogP contribution in [0.2, 0.25) is 0 Å². The molecule has 0 aliphatic heterocycles. The van der Waals surface area contributed by atoms with Crippen LogP contribution in [-0.4, -0.2) is 56.4 Å². The third-order valence-corrected chi connectivity index (χ3v) is 3.22. The van der Waals surface area contributed by atoms with Gasteiger partial charge in [0.15, 0.2) is 0 Å². The summed E-state index contributed by atoms with van der Waals surface area (Å²) in [7, 11) is 0. The molecule has 1 rings (SSSR count). The second kappa shape index (κ2) is 7.23. The lowest BCUT2D eigenvalue weighted by Crippen LogP contribution is -2.32. The molecular weight excluding hydrogens is 240 g/mol. The summed E-state index contributed by atoms with van der Waals surface area (Å²) in [5, 5.41) is 11.9. The monoisotopic (exact) mass is 258 g/mol. The van der Waals surface area contributed by atoms with E-state index in [1.54, 1.807) is 9.58 Å². The molecule has 0 fully saturated rings. The van der Waals surface area contributed by atoms with Crippen molar-refractivity contribution in [2.45, 2.75) is 25.5 Å². The van der Waals surface area contributed by atoms with E-state index in [1.165, 1.54) is 11.8 Å². The number of carbonyl (C=O) groups is 1. The van der Waals surface area contributed by atoms with E-state index >= 15 is 0 Å². The van der Waals surface area contributed by atoms with E-state index in [-0.39, 0.29) is 5.91 Å². The molecule has 0 saturated carbocycles. The first-order valence-corrected chi connectivity index (χ1v) is 6.58. The molecule has 1 heterocycles. The van der Waals surface area contributed by atoms with E-state index in [2.05, 4.69) is 15.5 Å². The number of amides is 1. The Morgan fingerprint density at radius 2 is 2.18 bits per heavy atom. The van der Waals surface area contributed by atoms with Crippen molar-refractivity contribution in [2.75, 3.05) is 25.4 Å². The van der Waals surface area contributed by atoms with Crippen molar-refractivity contribution in [1.82, 2.24) is 25.1 Å². The summed E-state index contributed by atoms with van der Waals surface area (Å²) in [5.74, 6) is 0.453. The molecule has 0 spiro atoms. The number of tetrazole rings is 1. The lowest BCUT2D eigenvalue weighted by molar-refractivity contribution is -0.127. The van der Waals surface area contributed by atoms with Crippen LogP contribution < -0.4 is 5.73 Å². The fourth-order valence-electron chi connectivity index (χ4n) is 1.36. The number of rotatable bonds is 7. The largest absolute Gasteiger partial charge is 0.343 e. The van der Waals surface area contributed by atoms with E-state index < -0.39 is 0 Å². The van der Waals surface area contributed by atoms with Gasteiger partial charge in [0.25, 0.3) is 0 Å². The molecule has 0 aliphatic carbocycles. The highest BCUT2D eigenvalue weighted by Gasteiger charge is 2.13.